The number of hydrogen-bond acceptors (Lipinski definition) is 3. The van der Waals surface area contributed by atoms with Gasteiger partial charge < -0.3 is 4.90 Å². The highest BCUT2D eigenvalue weighted by molar-refractivity contribution is 7.92. The van der Waals surface area contributed by atoms with E-state index in [1.807, 2.05) is 37.3 Å². The molecule has 0 saturated carbocycles. The average molecular weight is 358 g/mol. The van der Waals surface area contributed by atoms with Gasteiger partial charge in [-0.2, -0.15) is 0 Å². The van der Waals surface area contributed by atoms with Gasteiger partial charge in [0, 0.05) is 24.3 Å². The number of para-hydroxylation sites is 1. The van der Waals surface area contributed by atoms with E-state index in [1.54, 1.807) is 29.2 Å². The van der Waals surface area contributed by atoms with Gasteiger partial charge in [0.2, 0.25) is 10.0 Å². The van der Waals surface area contributed by atoms with Crippen molar-refractivity contribution in [2.75, 3.05) is 28.0 Å². The Morgan fingerprint density at radius 1 is 1.04 bits per heavy atom. The summed E-state index contributed by atoms with van der Waals surface area (Å²) >= 11 is 0. The summed E-state index contributed by atoms with van der Waals surface area (Å²) in [5.41, 5.74) is 2.01. The zero-order valence-corrected chi connectivity index (χ0v) is 15.1. The number of benzene rings is 2. The highest BCUT2D eigenvalue weighted by Gasteiger charge is 2.26. The minimum absolute atomic E-state index is 0.0956. The van der Waals surface area contributed by atoms with Gasteiger partial charge in [0.05, 0.1) is 11.4 Å². The standard InChI is InChI=1S/C19H22N2O3S/c1-2-20(17-8-4-3-5-9-17)19(22)16-10-12-18(13-11-16)21-14-6-7-15-25(21,23)24/h3-5,8-13H,2,6-7,14-15H2,1H3. The Hall–Kier alpha value is -2.34. The third-order valence-electron chi connectivity index (χ3n) is 4.38. The molecule has 0 bridgehead atoms. The molecule has 1 saturated heterocycles. The smallest absolute Gasteiger partial charge is 0.258 e. The lowest BCUT2D eigenvalue weighted by Gasteiger charge is -2.28. The fourth-order valence-electron chi connectivity index (χ4n) is 3.06. The largest absolute Gasteiger partial charge is 0.309 e. The van der Waals surface area contributed by atoms with Crippen LogP contribution in [0.15, 0.2) is 54.6 Å². The van der Waals surface area contributed by atoms with Gasteiger partial charge >= 0.3 is 0 Å². The van der Waals surface area contributed by atoms with Crippen molar-refractivity contribution in [2.45, 2.75) is 19.8 Å². The number of carbonyl (C=O) groups excluding carboxylic acids is 1. The number of amides is 1. The molecule has 3 rings (SSSR count). The summed E-state index contributed by atoms with van der Waals surface area (Å²) in [6.07, 6.45) is 1.56. The van der Waals surface area contributed by atoms with Gasteiger partial charge in [0.15, 0.2) is 0 Å². The van der Waals surface area contributed by atoms with E-state index in [1.165, 1.54) is 4.31 Å². The topological polar surface area (TPSA) is 57.7 Å². The second kappa shape index (κ2) is 7.27. The third kappa shape index (κ3) is 3.69. The molecule has 2 aromatic carbocycles. The van der Waals surface area contributed by atoms with Crippen molar-refractivity contribution in [3.63, 3.8) is 0 Å². The van der Waals surface area contributed by atoms with Gasteiger partial charge in [-0.1, -0.05) is 18.2 Å². The van der Waals surface area contributed by atoms with E-state index < -0.39 is 10.0 Å². The number of nitrogens with zero attached hydrogens (tertiary/aromatic N) is 2. The second-order valence-corrected chi connectivity index (χ2v) is 8.04. The average Bonchev–Trinajstić information content (AvgIpc) is 2.63. The fraction of sp³-hybridized carbons (Fsp3) is 0.316. The zero-order chi connectivity index (χ0) is 17.9. The van der Waals surface area contributed by atoms with Crippen molar-refractivity contribution in [3.05, 3.63) is 60.2 Å². The number of anilines is 2. The van der Waals surface area contributed by atoms with E-state index in [0.717, 1.165) is 12.1 Å². The molecule has 0 spiro atoms. The van der Waals surface area contributed by atoms with Gasteiger partial charge in [-0.3, -0.25) is 9.10 Å². The van der Waals surface area contributed by atoms with Crippen LogP contribution in [0.25, 0.3) is 0 Å². The van der Waals surface area contributed by atoms with E-state index in [0.29, 0.717) is 30.8 Å². The predicted octanol–water partition coefficient (Wildman–Crippen LogP) is 3.28. The molecule has 1 heterocycles. The monoisotopic (exact) mass is 358 g/mol. The number of hydrogen-bond donors (Lipinski definition) is 0. The first-order valence-electron chi connectivity index (χ1n) is 8.50. The molecule has 0 aliphatic carbocycles. The molecule has 1 aliphatic heterocycles. The molecular formula is C19H22N2O3S. The molecule has 5 nitrogen and oxygen atoms in total. The van der Waals surface area contributed by atoms with Crippen molar-refractivity contribution < 1.29 is 13.2 Å². The van der Waals surface area contributed by atoms with E-state index in [4.69, 9.17) is 0 Å². The van der Waals surface area contributed by atoms with Crippen LogP contribution < -0.4 is 9.21 Å². The van der Waals surface area contributed by atoms with Crippen LogP contribution in [-0.2, 0) is 10.0 Å². The highest BCUT2D eigenvalue weighted by Crippen LogP contribution is 2.24. The molecule has 6 heteroatoms. The molecule has 132 valence electrons. The van der Waals surface area contributed by atoms with E-state index in [-0.39, 0.29) is 11.7 Å². The first-order chi connectivity index (χ1) is 12.0. The summed E-state index contributed by atoms with van der Waals surface area (Å²) in [5.74, 6) is 0.0902. The molecule has 1 amide bonds. The molecule has 25 heavy (non-hydrogen) atoms. The maximum absolute atomic E-state index is 12.8. The van der Waals surface area contributed by atoms with Crippen LogP contribution in [0.1, 0.15) is 30.1 Å². The Balaban J connectivity index is 1.83. The number of carbonyl (C=O) groups is 1. The molecule has 0 aromatic heterocycles. The molecule has 2 aromatic rings. The van der Waals surface area contributed by atoms with Crippen molar-refractivity contribution in [2.24, 2.45) is 0 Å². The van der Waals surface area contributed by atoms with Crippen LogP contribution in [0.2, 0.25) is 0 Å². The predicted molar refractivity (Wildman–Crippen MR) is 101 cm³/mol. The van der Waals surface area contributed by atoms with Gasteiger partial charge in [-0.15, -0.1) is 0 Å². The first-order valence-corrected chi connectivity index (χ1v) is 10.1. The Morgan fingerprint density at radius 2 is 1.72 bits per heavy atom. The van der Waals surface area contributed by atoms with Gasteiger partial charge in [0.1, 0.15) is 0 Å². The van der Waals surface area contributed by atoms with E-state index in [2.05, 4.69) is 0 Å². The summed E-state index contributed by atoms with van der Waals surface area (Å²) in [7, 11) is -3.24. The minimum Gasteiger partial charge on any atom is -0.309 e. The third-order valence-corrected chi connectivity index (χ3v) is 6.25. The summed E-state index contributed by atoms with van der Waals surface area (Å²) in [6.45, 7) is 2.99. The maximum Gasteiger partial charge on any atom is 0.258 e. The van der Waals surface area contributed by atoms with Crippen molar-refractivity contribution in [1.29, 1.82) is 0 Å². The quantitative estimate of drug-likeness (QED) is 0.843. The molecular weight excluding hydrogens is 336 g/mol. The normalized spacial score (nSPS) is 16.4. The van der Waals surface area contributed by atoms with Crippen LogP contribution >= 0.6 is 0 Å². The molecule has 0 unspecified atom stereocenters. The van der Waals surface area contributed by atoms with Crippen LogP contribution in [0, 0.1) is 0 Å². The second-order valence-electron chi connectivity index (χ2n) is 6.03. The first kappa shape index (κ1) is 17.5. The number of sulfonamides is 1. The van der Waals surface area contributed by atoms with Gasteiger partial charge in [-0.05, 0) is 56.2 Å². The summed E-state index contributed by atoms with van der Waals surface area (Å²) in [6, 6.07) is 16.3. The van der Waals surface area contributed by atoms with E-state index in [9.17, 15) is 13.2 Å². The van der Waals surface area contributed by atoms with Gasteiger partial charge in [-0.25, -0.2) is 8.42 Å². The summed E-state index contributed by atoms with van der Waals surface area (Å²) in [4.78, 5) is 14.5. The lowest BCUT2D eigenvalue weighted by Crippen LogP contribution is -2.37. The molecule has 0 N–H and O–H groups in total. The molecule has 0 radical (unpaired) electrons. The van der Waals surface area contributed by atoms with Crippen molar-refractivity contribution in [1.82, 2.24) is 0 Å². The fourth-order valence-corrected chi connectivity index (χ4v) is 4.70. The van der Waals surface area contributed by atoms with Crippen LogP contribution in [0.3, 0.4) is 0 Å². The Bertz CT molecular complexity index is 833. The van der Waals surface area contributed by atoms with E-state index >= 15 is 0 Å². The van der Waals surface area contributed by atoms with Crippen molar-refractivity contribution in [3.8, 4) is 0 Å². The molecule has 0 atom stereocenters. The molecule has 1 fully saturated rings. The summed E-state index contributed by atoms with van der Waals surface area (Å²) in [5, 5.41) is 0. The lowest BCUT2D eigenvalue weighted by molar-refractivity contribution is 0.0988. The lowest BCUT2D eigenvalue weighted by atomic mass is 10.1. The zero-order valence-electron chi connectivity index (χ0n) is 14.3. The SMILES string of the molecule is CCN(C(=O)c1ccc(N2CCCCS2(=O)=O)cc1)c1ccccc1. The Kier molecular flexibility index (Phi) is 5.08. The maximum atomic E-state index is 12.8. The number of rotatable bonds is 4. The van der Waals surface area contributed by atoms with Crippen molar-refractivity contribution >= 4 is 27.3 Å². The van der Waals surface area contributed by atoms with Gasteiger partial charge in [0.25, 0.3) is 5.91 Å². The molecule has 1 aliphatic rings. The Labute approximate surface area is 148 Å². The Morgan fingerprint density at radius 3 is 2.32 bits per heavy atom. The summed E-state index contributed by atoms with van der Waals surface area (Å²) < 4.78 is 25.8. The van der Waals surface area contributed by atoms with Crippen LogP contribution in [0.4, 0.5) is 11.4 Å². The highest BCUT2D eigenvalue weighted by atomic mass is 32.2. The minimum atomic E-state index is -3.24. The van der Waals surface area contributed by atoms with Crippen LogP contribution in [-0.4, -0.2) is 33.2 Å². The van der Waals surface area contributed by atoms with Crippen LogP contribution in [0.5, 0.6) is 0 Å².